The van der Waals surface area contributed by atoms with Gasteiger partial charge in [0.2, 0.25) is 0 Å². The second-order valence-corrected chi connectivity index (χ2v) is 4.19. The zero-order valence-corrected chi connectivity index (χ0v) is 11.4. The summed E-state index contributed by atoms with van der Waals surface area (Å²) in [7, 11) is 0. The Morgan fingerprint density at radius 2 is 1.61 bits per heavy atom. The monoisotopic (exact) mass is 266 g/mol. The lowest BCUT2D eigenvalue weighted by Crippen LogP contribution is -2.26. The van der Waals surface area contributed by atoms with Crippen LogP contribution in [-0.2, 0) is 9.68 Å². The van der Waals surface area contributed by atoms with Crippen LogP contribution in [0, 0.1) is 20.2 Å². The van der Waals surface area contributed by atoms with E-state index in [1.54, 1.807) is 13.8 Å². The molecule has 18 heavy (non-hydrogen) atoms. The van der Waals surface area contributed by atoms with Crippen molar-refractivity contribution in [2.45, 2.75) is 59.0 Å². The lowest BCUT2D eigenvalue weighted by atomic mass is 10.1. The number of rotatable bonds is 8. The van der Waals surface area contributed by atoms with Crippen molar-refractivity contribution in [1.29, 1.82) is 0 Å². The van der Waals surface area contributed by atoms with E-state index in [9.17, 15) is 20.2 Å². The Hall–Kier alpha value is -1.60. The Labute approximate surface area is 106 Å². The summed E-state index contributed by atoms with van der Waals surface area (Å²) in [6, 6.07) is 0. The van der Waals surface area contributed by atoms with Crippen LogP contribution in [0.3, 0.4) is 0 Å². The van der Waals surface area contributed by atoms with Crippen molar-refractivity contribution in [1.82, 2.24) is 0 Å². The maximum absolute atomic E-state index is 9.76. The maximum atomic E-state index is 9.76. The summed E-state index contributed by atoms with van der Waals surface area (Å²) in [6.07, 6.45) is 3.46. The summed E-state index contributed by atoms with van der Waals surface area (Å²) < 4.78 is 0. The number of hydrogen-bond donors (Lipinski definition) is 0. The number of nitrogens with zero attached hydrogens (tertiary/aromatic N) is 2. The van der Waals surface area contributed by atoms with Crippen LogP contribution in [-0.4, -0.2) is 22.4 Å². The van der Waals surface area contributed by atoms with Crippen LogP contribution in [0.5, 0.6) is 0 Å². The molecule has 0 saturated carbocycles. The summed E-state index contributed by atoms with van der Waals surface area (Å²) in [5.41, 5.74) is -0.635. The fraction of sp³-hybridized carbons (Fsp3) is 1.00. The average molecular weight is 266 g/mol. The van der Waals surface area contributed by atoms with Gasteiger partial charge in [0, 0.05) is 0 Å². The molecule has 0 aromatic heterocycles. The Balaban J connectivity index is 0. The third-order valence-corrected chi connectivity index (χ3v) is 2.12. The van der Waals surface area contributed by atoms with E-state index in [-0.39, 0.29) is 6.61 Å². The van der Waals surface area contributed by atoms with E-state index in [0.717, 1.165) is 19.3 Å². The van der Waals surface area contributed by atoms with Gasteiger partial charge in [0.15, 0.2) is 0 Å². The van der Waals surface area contributed by atoms with E-state index in [2.05, 4.69) is 9.68 Å². The molecule has 0 saturated heterocycles. The van der Waals surface area contributed by atoms with E-state index in [1.807, 2.05) is 13.8 Å². The van der Waals surface area contributed by atoms with Gasteiger partial charge in [0.05, 0.1) is 6.61 Å². The van der Waals surface area contributed by atoms with Gasteiger partial charge in [-0.3, -0.25) is 0 Å². The normalized spacial score (nSPS) is 10.0. The molecule has 0 aliphatic rings. The molecule has 0 bridgehead atoms. The molecule has 0 radical (unpaired) electrons. The topological polar surface area (TPSA) is 105 Å². The standard InChI is InChI=1S/2C5H11NO3/c1-4-5(2,3)9-6(7)8;1-2-3-4-5-9-6(7)8/h4H2,1-3H3;2-5H2,1H3. The summed E-state index contributed by atoms with van der Waals surface area (Å²) in [5.74, 6) is 0. The molecule has 0 aliphatic heterocycles. The highest BCUT2D eigenvalue weighted by atomic mass is 17.0. The average Bonchev–Trinajstić information content (AvgIpc) is 2.23. The minimum atomic E-state index is -0.760. The zero-order valence-electron chi connectivity index (χ0n) is 11.4. The van der Waals surface area contributed by atoms with Crippen molar-refractivity contribution < 1.29 is 19.8 Å². The molecule has 0 unspecified atom stereocenters. The molecule has 0 heterocycles. The van der Waals surface area contributed by atoms with Gasteiger partial charge < -0.3 is 9.68 Å². The minimum absolute atomic E-state index is 0.237. The molecule has 108 valence electrons. The van der Waals surface area contributed by atoms with Crippen LogP contribution in [0.15, 0.2) is 0 Å². The third kappa shape index (κ3) is 16.8. The van der Waals surface area contributed by atoms with Gasteiger partial charge >= 0.3 is 0 Å². The first-order valence-corrected chi connectivity index (χ1v) is 5.86. The molecule has 0 N–H and O–H groups in total. The van der Waals surface area contributed by atoms with Crippen molar-refractivity contribution >= 4 is 0 Å². The Kier molecular flexibility index (Phi) is 11.0. The van der Waals surface area contributed by atoms with Crippen molar-refractivity contribution in [2.75, 3.05) is 6.61 Å². The molecule has 8 nitrogen and oxygen atoms in total. The van der Waals surface area contributed by atoms with Crippen LogP contribution >= 0.6 is 0 Å². The van der Waals surface area contributed by atoms with Crippen molar-refractivity contribution in [3.05, 3.63) is 20.2 Å². The van der Waals surface area contributed by atoms with Gasteiger partial charge in [-0.25, -0.2) is 0 Å². The van der Waals surface area contributed by atoms with Gasteiger partial charge in [-0.1, -0.05) is 26.7 Å². The molecule has 0 aromatic carbocycles. The smallest absolute Gasteiger partial charge is 0.295 e. The minimum Gasteiger partial charge on any atom is -0.314 e. The van der Waals surface area contributed by atoms with Crippen LogP contribution < -0.4 is 0 Å². The Morgan fingerprint density at radius 1 is 1.06 bits per heavy atom. The van der Waals surface area contributed by atoms with E-state index in [4.69, 9.17) is 0 Å². The fourth-order valence-corrected chi connectivity index (χ4v) is 0.757. The van der Waals surface area contributed by atoms with Gasteiger partial charge in [-0.2, -0.15) is 0 Å². The van der Waals surface area contributed by atoms with Gasteiger partial charge in [-0.15, -0.1) is 20.2 Å². The predicted molar refractivity (Wildman–Crippen MR) is 64.9 cm³/mol. The molecule has 0 amide bonds. The SMILES string of the molecule is CCC(C)(C)O[N+](=O)[O-].CCCCCO[N+](=O)[O-]. The molecular formula is C10H22N2O6. The van der Waals surface area contributed by atoms with E-state index in [1.165, 1.54) is 0 Å². The van der Waals surface area contributed by atoms with Crippen molar-refractivity contribution in [3.8, 4) is 0 Å². The Bertz CT molecular complexity index is 245. The first-order valence-electron chi connectivity index (χ1n) is 5.86. The molecule has 0 aliphatic carbocycles. The highest BCUT2D eigenvalue weighted by Crippen LogP contribution is 2.12. The van der Waals surface area contributed by atoms with Crippen LogP contribution in [0.1, 0.15) is 53.4 Å². The van der Waals surface area contributed by atoms with Gasteiger partial charge in [-0.05, 0) is 26.7 Å². The van der Waals surface area contributed by atoms with Crippen molar-refractivity contribution in [2.24, 2.45) is 0 Å². The largest absolute Gasteiger partial charge is 0.314 e. The zero-order chi connectivity index (χ0) is 14.6. The summed E-state index contributed by atoms with van der Waals surface area (Å²) >= 11 is 0. The van der Waals surface area contributed by atoms with E-state index >= 15 is 0 Å². The van der Waals surface area contributed by atoms with Gasteiger partial charge in [0.25, 0.3) is 10.2 Å². The fourth-order valence-electron chi connectivity index (χ4n) is 0.757. The summed E-state index contributed by atoms with van der Waals surface area (Å²) in [4.78, 5) is 27.7. The lowest BCUT2D eigenvalue weighted by molar-refractivity contribution is -0.779. The van der Waals surface area contributed by atoms with E-state index in [0.29, 0.717) is 6.42 Å². The molecule has 0 atom stereocenters. The highest BCUT2D eigenvalue weighted by molar-refractivity contribution is 4.61. The third-order valence-electron chi connectivity index (χ3n) is 2.12. The lowest BCUT2D eigenvalue weighted by Gasteiger charge is -2.18. The maximum Gasteiger partial charge on any atom is 0.295 e. The summed E-state index contributed by atoms with van der Waals surface area (Å²) in [5, 5.41) is 17.8. The first kappa shape index (κ1) is 18.8. The molecule has 0 fully saturated rings. The van der Waals surface area contributed by atoms with Gasteiger partial charge in [0.1, 0.15) is 5.60 Å². The van der Waals surface area contributed by atoms with Crippen LogP contribution in [0.25, 0.3) is 0 Å². The molecule has 0 spiro atoms. The first-order chi connectivity index (χ1) is 8.25. The summed E-state index contributed by atoms with van der Waals surface area (Å²) in [6.45, 7) is 7.46. The second kappa shape index (κ2) is 10.5. The van der Waals surface area contributed by atoms with Crippen molar-refractivity contribution in [3.63, 3.8) is 0 Å². The molecular weight excluding hydrogens is 244 g/mol. The molecule has 0 aromatic rings. The van der Waals surface area contributed by atoms with E-state index < -0.39 is 15.8 Å². The quantitative estimate of drug-likeness (QED) is 0.380. The molecule has 0 rings (SSSR count). The second-order valence-electron chi connectivity index (χ2n) is 4.19. The number of hydrogen-bond acceptors (Lipinski definition) is 6. The van der Waals surface area contributed by atoms with Crippen LogP contribution in [0.4, 0.5) is 0 Å². The number of unbranched alkanes of at least 4 members (excludes halogenated alkanes) is 2. The Morgan fingerprint density at radius 3 is 1.89 bits per heavy atom. The van der Waals surface area contributed by atoms with Crippen LogP contribution in [0.2, 0.25) is 0 Å². The predicted octanol–water partition coefficient (Wildman–Crippen LogP) is 2.77. The molecule has 8 heteroatoms. The highest BCUT2D eigenvalue weighted by Gasteiger charge is 2.18.